The Hall–Kier alpha value is -0.900. The Morgan fingerprint density at radius 3 is 2.27 bits per heavy atom. The van der Waals surface area contributed by atoms with Crippen molar-refractivity contribution in [2.75, 3.05) is 26.4 Å². The van der Waals surface area contributed by atoms with Gasteiger partial charge in [-0.3, -0.25) is 0 Å². The van der Waals surface area contributed by atoms with Crippen molar-refractivity contribution in [2.24, 2.45) is 46.3 Å². The third-order valence-corrected chi connectivity index (χ3v) is 17.4. The second kappa shape index (κ2) is 16.2. The van der Waals surface area contributed by atoms with Crippen molar-refractivity contribution >= 4 is 0 Å². The first kappa shape index (κ1) is 44.3. The molecule has 8 fully saturated rings. The molecule has 1 spiro atoms. The lowest BCUT2D eigenvalue weighted by Crippen LogP contribution is -2.65. The third-order valence-electron chi connectivity index (χ3n) is 17.4. The minimum Gasteiger partial charge on any atom is -0.394 e. The second-order valence-electron chi connectivity index (χ2n) is 20.8. The van der Waals surface area contributed by atoms with Crippen LogP contribution in [0.2, 0.25) is 0 Å². The first-order valence-electron chi connectivity index (χ1n) is 22.7. The van der Waals surface area contributed by atoms with E-state index >= 15 is 0 Å². The summed E-state index contributed by atoms with van der Waals surface area (Å²) in [4.78, 5) is 0. The van der Waals surface area contributed by atoms with E-state index in [2.05, 4.69) is 33.8 Å². The molecule has 4 aliphatic carbocycles. The number of rotatable bonds is 8. The molecule has 3 saturated carbocycles. The van der Waals surface area contributed by atoms with Gasteiger partial charge in [-0.25, -0.2) is 0 Å². The van der Waals surface area contributed by atoms with Gasteiger partial charge in [0.1, 0.15) is 54.4 Å². The van der Waals surface area contributed by atoms with Crippen molar-refractivity contribution < 1.29 is 78.7 Å². The molecule has 24 atom stereocenters. The molecule has 16 nitrogen and oxygen atoms in total. The largest absolute Gasteiger partial charge is 0.394 e. The van der Waals surface area contributed by atoms with Gasteiger partial charge in [-0.1, -0.05) is 39.3 Å². The molecule has 16 heteroatoms. The summed E-state index contributed by atoms with van der Waals surface area (Å²) in [6, 6.07) is 0. The fourth-order valence-electron chi connectivity index (χ4n) is 13.7. The Bertz CT molecular complexity index is 1580. The zero-order chi connectivity index (χ0) is 42.7. The molecular formula is C44H70O16. The molecule has 0 radical (unpaired) electrons. The summed E-state index contributed by atoms with van der Waals surface area (Å²) in [6.45, 7) is 9.96. The fourth-order valence-corrected chi connectivity index (χ4v) is 13.7. The maximum Gasteiger partial charge on any atom is 0.187 e. The molecule has 342 valence electrons. The maximum atomic E-state index is 11.5. The quantitative estimate of drug-likeness (QED) is 0.158. The highest BCUT2D eigenvalue weighted by Crippen LogP contribution is 2.70. The molecule has 5 aliphatic heterocycles. The van der Waals surface area contributed by atoms with Crippen molar-refractivity contribution in [3.05, 3.63) is 11.6 Å². The van der Waals surface area contributed by atoms with Crippen LogP contribution in [0.1, 0.15) is 92.4 Å². The minimum absolute atomic E-state index is 0.0243. The van der Waals surface area contributed by atoms with Gasteiger partial charge in [0.15, 0.2) is 24.7 Å². The first-order chi connectivity index (χ1) is 28.5. The molecule has 5 saturated heterocycles. The lowest BCUT2D eigenvalue weighted by molar-refractivity contribution is -0.382. The number of hydrogen-bond acceptors (Lipinski definition) is 16. The average molecular weight is 855 g/mol. The minimum atomic E-state index is -2.03. The predicted octanol–water partition coefficient (Wildman–Crippen LogP) is 0.855. The van der Waals surface area contributed by atoms with Crippen LogP contribution < -0.4 is 0 Å². The van der Waals surface area contributed by atoms with E-state index in [0.29, 0.717) is 48.3 Å². The van der Waals surface area contributed by atoms with Crippen LogP contribution in [0.3, 0.4) is 0 Å². The van der Waals surface area contributed by atoms with Crippen LogP contribution in [0, 0.1) is 46.3 Å². The van der Waals surface area contributed by atoms with Crippen LogP contribution in [-0.2, 0) is 37.9 Å². The van der Waals surface area contributed by atoms with Crippen LogP contribution in [0.25, 0.3) is 0 Å². The fraction of sp³-hybridized carbons (Fsp3) is 0.955. The highest BCUT2D eigenvalue weighted by molar-refractivity contribution is 5.26. The number of aliphatic hydroxyl groups excluding tert-OH is 7. The van der Waals surface area contributed by atoms with Crippen molar-refractivity contribution in [3.63, 3.8) is 0 Å². The zero-order valence-electron chi connectivity index (χ0n) is 35.7. The summed E-state index contributed by atoms with van der Waals surface area (Å²) in [5.74, 6) is 2.62. The number of hydrogen-bond donors (Lipinski definition) is 8. The average Bonchev–Trinajstić information content (AvgIpc) is 3.80. The summed E-state index contributed by atoms with van der Waals surface area (Å²) in [5, 5.41) is 85.2. The van der Waals surface area contributed by atoms with Gasteiger partial charge in [-0.2, -0.15) is 0 Å². The Labute approximate surface area is 352 Å². The molecule has 24 unspecified atom stereocenters. The van der Waals surface area contributed by atoms with E-state index < -0.39 is 105 Å². The number of aliphatic hydroxyl groups is 8. The maximum absolute atomic E-state index is 11.5. The van der Waals surface area contributed by atoms with E-state index in [1.165, 1.54) is 18.9 Å². The van der Waals surface area contributed by atoms with Crippen LogP contribution in [0.5, 0.6) is 0 Å². The van der Waals surface area contributed by atoms with Gasteiger partial charge in [0, 0.05) is 12.3 Å². The van der Waals surface area contributed by atoms with E-state index in [1.807, 2.05) is 0 Å². The Kier molecular flexibility index (Phi) is 12.0. The van der Waals surface area contributed by atoms with Gasteiger partial charge in [0.05, 0.1) is 44.7 Å². The first-order valence-corrected chi connectivity index (χ1v) is 22.7. The van der Waals surface area contributed by atoms with Gasteiger partial charge in [-0.05, 0) is 98.7 Å². The topological polar surface area (TPSA) is 236 Å². The summed E-state index contributed by atoms with van der Waals surface area (Å²) in [7, 11) is 0. The van der Waals surface area contributed by atoms with Gasteiger partial charge < -0.3 is 78.7 Å². The number of allylic oxidation sites excluding steroid dienone is 1. The highest BCUT2D eigenvalue weighted by Gasteiger charge is 2.69. The molecule has 60 heavy (non-hydrogen) atoms. The molecule has 0 bridgehead atoms. The van der Waals surface area contributed by atoms with E-state index in [4.69, 9.17) is 37.9 Å². The molecule has 5 heterocycles. The normalized spacial score (nSPS) is 57.7. The molecule has 0 amide bonds. The number of ether oxygens (including phenoxy) is 8. The van der Waals surface area contributed by atoms with Crippen LogP contribution >= 0.6 is 0 Å². The Balaban J connectivity index is 0.933. The monoisotopic (exact) mass is 854 g/mol. The predicted molar refractivity (Wildman–Crippen MR) is 208 cm³/mol. The zero-order valence-corrected chi connectivity index (χ0v) is 35.7. The van der Waals surface area contributed by atoms with Crippen molar-refractivity contribution in [1.29, 1.82) is 0 Å². The van der Waals surface area contributed by atoms with E-state index in [1.54, 1.807) is 0 Å². The molecular weight excluding hydrogens is 784 g/mol. The molecule has 9 rings (SSSR count). The van der Waals surface area contributed by atoms with E-state index in [-0.39, 0.29) is 23.0 Å². The highest BCUT2D eigenvalue weighted by atomic mass is 16.8. The Morgan fingerprint density at radius 1 is 0.800 bits per heavy atom. The lowest BCUT2D eigenvalue weighted by atomic mass is 9.47. The molecule has 0 aromatic rings. The third kappa shape index (κ3) is 7.01. The van der Waals surface area contributed by atoms with Gasteiger partial charge in [-0.15, -0.1) is 0 Å². The molecule has 9 aliphatic rings. The van der Waals surface area contributed by atoms with Crippen molar-refractivity contribution in [2.45, 2.75) is 190 Å². The summed E-state index contributed by atoms with van der Waals surface area (Å²) in [5.41, 5.74) is -0.517. The van der Waals surface area contributed by atoms with E-state index in [9.17, 15) is 40.9 Å². The summed E-state index contributed by atoms with van der Waals surface area (Å²) < 4.78 is 50.1. The molecule has 0 aromatic carbocycles. The number of fused-ring (bicyclic) bond motifs is 7. The summed E-state index contributed by atoms with van der Waals surface area (Å²) >= 11 is 0. The van der Waals surface area contributed by atoms with Gasteiger partial charge >= 0.3 is 0 Å². The van der Waals surface area contributed by atoms with Crippen LogP contribution in [0.4, 0.5) is 0 Å². The molecule has 8 N–H and O–H groups in total. The van der Waals surface area contributed by atoms with Gasteiger partial charge in [0.25, 0.3) is 0 Å². The smallest absolute Gasteiger partial charge is 0.187 e. The van der Waals surface area contributed by atoms with Crippen LogP contribution in [-0.4, -0.2) is 165 Å². The second-order valence-corrected chi connectivity index (χ2v) is 20.8. The Morgan fingerprint density at radius 2 is 1.57 bits per heavy atom. The standard InChI is InChI=1S/C44H70O16/c1-20-8-13-44(54-17-20)21(2)30-28(60-44)15-27-25-7-6-23-14-24(9-11-41(23,4)26(25)10-12-42(27,30)5)56-39-36(59-38-34(50)33(49)31(47)22(3)55-38)35(32(48)29(16-45)57-39)58-40-37(51)43(52,18-46)19-53-40/h6,20-22,24-40,45-52H,7-19H2,1-5H3. The van der Waals surface area contributed by atoms with Crippen molar-refractivity contribution in [1.82, 2.24) is 0 Å². The molecule has 0 aromatic heterocycles. The SMILES string of the molecule is CC1CCC2(OC1)OC1CC3C4CC=C5CC(OC6OC(CO)C(O)C(OC7OCC(O)(CO)C7O)C6OC6OC(C)C(O)C(O)C6O)CCC5(C)C4CCC3(C)C1C2C. The van der Waals surface area contributed by atoms with E-state index in [0.717, 1.165) is 45.1 Å². The summed E-state index contributed by atoms with van der Waals surface area (Å²) in [6.07, 6.45) is -6.52. The van der Waals surface area contributed by atoms with Gasteiger partial charge in [0.2, 0.25) is 0 Å². The lowest BCUT2D eigenvalue weighted by Gasteiger charge is -2.58. The van der Waals surface area contributed by atoms with Crippen molar-refractivity contribution in [3.8, 4) is 0 Å². The van der Waals surface area contributed by atoms with Crippen LogP contribution in [0.15, 0.2) is 11.6 Å².